The third kappa shape index (κ3) is 15.5. The maximum atomic E-state index is 16.1. The fourth-order valence-corrected chi connectivity index (χ4v) is 8.62. The summed E-state index contributed by atoms with van der Waals surface area (Å²) in [6, 6.07) is 11.7. The molecule has 16 nitrogen and oxygen atoms in total. The number of nitrogens with zero attached hydrogens (tertiary/aromatic N) is 1. The van der Waals surface area contributed by atoms with Crippen molar-refractivity contribution in [1.82, 2.24) is 15.5 Å². The molecule has 19 heteroatoms. The van der Waals surface area contributed by atoms with Crippen LogP contribution in [0.4, 0.5) is 8.78 Å². The monoisotopic (exact) mass is 962 g/mol. The molecule has 4 rings (SSSR count). The van der Waals surface area contributed by atoms with E-state index in [0.717, 1.165) is 30.5 Å². The zero-order chi connectivity index (χ0) is 49.9. The third-order valence-electron chi connectivity index (χ3n) is 11.7. The lowest BCUT2D eigenvalue weighted by atomic mass is 9.96. The number of amides is 4. The molecule has 2 aromatic rings. The van der Waals surface area contributed by atoms with Crippen molar-refractivity contribution in [3.05, 3.63) is 77.4 Å². The number of likely N-dealkylation sites (tertiary alicyclic amines) is 1. The fraction of sp³-hybridized carbons (Fsp3) is 0.604. The predicted molar refractivity (Wildman–Crippen MR) is 245 cm³/mol. The highest BCUT2D eigenvalue weighted by Gasteiger charge is 2.58. The van der Waals surface area contributed by atoms with Gasteiger partial charge in [-0.3, -0.25) is 37.6 Å². The van der Waals surface area contributed by atoms with Gasteiger partial charge < -0.3 is 40.6 Å². The zero-order valence-corrected chi connectivity index (χ0v) is 40.9. The number of piperidine rings is 1. The molecule has 0 aromatic heterocycles. The molecule has 0 radical (unpaired) electrons. The van der Waals surface area contributed by atoms with Gasteiger partial charge in [-0.25, -0.2) is 0 Å². The van der Waals surface area contributed by atoms with Gasteiger partial charge in [-0.1, -0.05) is 95.1 Å². The van der Waals surface area contributed by atoms with Gasteiger partial charge in [0.2, 0.25) is 30.4 Å². The molecule has 1 saturated heterocycles. The Hall–Kier alpha value is -4.58. The number of allylic oxidation sites excluding steroid dienone is 1. The summed E-state index contributed by atoms with van der Waals surface area (Å²) >= 11 is 0. The van der Waals surface area contributed by atoms with E-state index in [-0.39, 0.29) is 37.2 Å². The number of aliphatic hydroxyl groups excluding tert-OH is 1. The number of nitrogens with two attached hydrogens (primary N) is 1. The van der Waals surface area contributed by atoms with E-state index in [4.69, 9.17) is 29.0 Å². The van der Waals surface area contributed by atoms with Crippen LogP contribution >= 0.6 is 7.60 Å². The van der Waals surface area contributed by atoms with E-state index in [2.05, 4.69) is 10.6 Å². The van der Waals surface area contributed by atoms with Crippen LogP contribution in [0, 0.1) is 22.7 Å². The van der Waals surface area contributed by atoms with Crippen LogP contribution in [-0.2, 0) is 64.1 Å². The summed E-state index contributed by atoms with van der Waals surface area (Å²) in [4.78, 5) is 67.5. The molecule has 0 spiro atoms. The molecule has 67 heavy (non-hydrogen) atoms. The van der Waals surface area contributed by atoms with Crippen molar-refractivity contribution in [1.29, 1.82) is 0 Å². The SMILES string of the molecule is CCCC[C@H](NC(=O)/C=C(\C)c1ccc(C(F)(F)P(=O)(OCOC(=O)C(C)(C)C)OCOC(O)C(C)(C)C)cc1)C(=O)N1C[C@H]2C[C@H]2[C@H]1C(=O)N[C@@H](CCC(N)=O)[C@@H](C)OCc1ccccc1. The first-order valence-corrected chi connectivity index (χ1v) is 24.2. The maximum Gasteiger partial charge on any atom is 0.409 e. The molecule has 2 fully saturated rings. The van der Waals surface area contributed by atoms with E-state index in [1.807, 2.05) is 44.2 Å². The van der Waals surface area contributed by atoms with Gasteiger partial charge in [-0.05, 0) is 82.4 Å². The van der Waals surface area contributed by atoms with Crippen molar-refractivity contribution in [3.8, 4) is 0 Å². The Kier molecular flexibility index (Phi) is 19.4. The first kappa shape index (κ1) is 55.0. The minimum absolute atomic E-state index is 0.0161. The minimum Gasteiger partial charge on any atom is -0.438 e. The minimum atomic E-state index is -5.52. The van der Waals surface area contributed by atoms with Crippen LogP contribution in [0.25, 0.3) is 5.57 Å². The number of fused-ring (bicyclic) bond motifs is 1. The van der Waals surface area contributed by atoms with Gasteiger partial charge in [-0.15, -0.1) is 0 Å². The van der Waals surface area contributed by atoms with Crippen LogP contribution in [0.2, 0.25) is 0 Å². The van der Waals surface area contributed by atoms with Gasteiger partial charge in [0.05, 0.1) is 24.2 Å². The molecule has 2 aromatic carbocycles. The summed E-state index contributed by atoms with van der Waals surface area (Å²) < 4.78 is 72.2. The second kappa shape index (κ2) is 23.6. The number of nitrogens with one attached hydrogen (secondary N) is 2. The van der Waals surface area contributed by atoms with Gasteiger partial charge in [0.15, 0.2) is 13.1 Å². The number of alkyl halides is 2. The molecule has 2 unspecified atom stereocenters. The quantitative estimate of drug-likeness (QED) is 0.0338. The highest BCUT2D eigenvalue weighted by Crippen LogP contribution is 2.67. The van der Waals surface area contributed by atoms with Crippen LogP contribution in [0.5, 0.6) is 0 Å². The van der Waals surface area contributed by atoms with E-state index in [1.165, 1.54) is 43.9 Å². The van der Waals surface area contributed by atoms with Crippen LogP contribution in [0.3, 0.4) is 0 Å². The van der Waals surface area contributed by atoms with E-state index in [1.54, 1.807) is 27.7 Å². The lowest BCUT2D eigenvalue weighted by Crippen LogP contribution is -2.57. The van der Waals surface area contributed by atoms with Crippen molar-refractivity contribution in [2.24, 2.45) is 28.4 Å². The molecule has 8 atom stereocenters. The molecule has 4 amide bonds. The zero-order valence-electron chi connectivity index (χ0n) is 40.1. The predicted octanol–water partition coefficient (Wildman–Crippen LogP) is 7.13. The number of esters is 1. The molecule has 1 aliphatic carbocycles. The second-order valence-corrected chi connectivity index (χ2v) is 21.5. The number of hydrogen-bond donors (Lipinski definition) is 4. The summed E-state index contributed by atoms with van der Waals surface area (Å²) in [5.74, 6) is -2.68. The average Bonchev–Trinajstić information content (AvgIpc) is 3.92. The smallest absolute Gasteiger partial charge is 0.409 e. The lowest BCUT2D eigenvalue weighted by Gasteiger charge is -2.33. The standard InChI is InChI=1S/C48H69F2N4O12P/c1-10-11-17-38(43(58)54-26-34-25-36(34)41(54)42(57)53-37(22-23-39(51)55)31(3)62-27-32-15-13-12-14-16-32)52-40(56)24-30(2)33-18-20-35(21-19-33)48(49,50)67(61,65-28-63-44(59)46(4,5)6)66-29-64-45(60)47(7,8)9/h12-16,18-21,24,31,34,36-38,41,44,59H,10-11,17,22-23,25-29H2,1-9H3,(H2,51,55)(H,52,56)(H,53,57)/b30-24+/t31-,34-,36-,37+,38+,41+,44?,67?/m1/s1. The van der Waals surface area contributed by atoms with Crippen LogP contribution in [0.15, 0.2) is 60.7 Å². The summed E-state index contributed by atoms with van der Waals surface area (Å²) in [6.45, 7) is 13.2. The molecule has 1 heterocycles. The number of unbranched alkanes of at least 4 members (excludes halogenated alkanes) is 1. The lowest BCUT2D eigenvalue weighted by molar-refractivity contribution is -0.195. The Labute approximate surface area is 392 Å². The summed E-state index contributed by atoms with van der Waals surface area (Å²) in [5.41, 5.74) is 0.116. The van der Waals surface area contributed by atoms with Gasteiger partial charge in [-0.2, -0.15) is 8.78 Å². The van der Waals surface area contributed by atoms with Crippen molar-refractivity contribution in [2.75, 3.05) is 20.1 Å². The third-order valence-corrected chi connectivity index (χ3v) is 13.5. The Bertz CT molecular complexity index is 2090. The Balaban J connectivity index is 1.47. The first-order valence-electron chi connectivity index (χ1n) is 22.7. The number of ether oxygens (including phenoxy) is 3. The number of aliphatic hydroxyl groups is 1. The topological polar surface area (TPSA) is 222 Å². The molecule has 5 N–H and O–H groups in total. The summed E-state index contributed by atoms with van der Waals surface area (Å²) in [7, 11) is -5.52. The number of carbonyl (C=O) groups is 5. The maximum absolute atomic E-state index is 16.1. The van der Waals surface area contributed by atoms with Gasteiger partial charge in [0, 0.05) is 30.0 Å². The number of primary amides is 1. The normalized spacial score (nSPS) is 20.1. The molecular weight excluding hydrogens is 894 g/mol. The second-order valence-electron chi connectivity index (χ2n) is 19.4. The van der Waals surface area contributed by atoms with Crippen LogP contribution < -0.4 is 16.4 Å². The molecule has 1 aliphatic heterocycles. The van der Waals surface area contributed by atoms with Gasteiger partial charge >= 0.3 is 19.2 Å². The Morgan fingerprint density at radius 3 is 2.18 bits per heavy atom. The number of rotatable bonds is 25. The Morgan fingerprint density at radius 2 is 1.58 bits per heavy atom. The first-order chi connectivity index (χ1) is 31.3. The molecule has 0 bridgehead atoms. The number of hydrogen-bond acceptors (Lipinski definition) is 12. The average molecular weight is 963 g/mol. The molecule has 2 aliphatic rings. The number of halogens is 2. The van der Waals surface area contributed by atoms with Crippen LogP contribution in [0.1, 0.15) is 118 Å². The molecule has 1 saturated carbocycles. The van der Waals surface area contributed by atoms with Crippen molar-refractivity contribution >= 4 is 42.8 Å². The number of benzene rings is 2. The highest BCUT2D eigenvalue weighted by atomic mass is 31.2. The van der Waals surface area contributed by atoms with Crippen LogP contribution in [-0.4, -0.2) is 90.3 Å². The van der Waals surface area contributed by atoms with E-state index in [9.17, 15) is 33.6 Å². The van der Waals surface area contributed by atoms with E-state index in [0.29, 0.717) is 30.5 Å². The van der Waals surface area contributed by atoms with E-state index >= 15 is 8.78 Å². The van der Waals surface area contributed by atoms with Gasteiger partial charge in [0.25, 0.3) is 0 Å². The van der Waals surface area contributed by atoms with Crippen molar-refractivity contribution in [3.63, 3.8) is 0 Å². The highest BCUT2D eigenvalue weighted by molar-refractivity contribution is 7.54. The van der Waals surface area contributed by atoms with E-state index < -0.39 is 97.4 Å². The van der Waals surface area contributed by atoms with Gasteiger partial charge in [0.1, 0.15) is 12.1 Å². The largest absolute Gasteiger partial charge is 0.438 e. The number of carbonyl (C=O) groups excluding carboxylic acids is 5. The molecule has 372 valence electrons. The fourth-order valence-electron chi connectivity index (χ4n) is 7.37. The molecular formula is C48H69F2N4O12P. The van der Waals surface area contributed by atoms with Crippen molar-refractivity contribution < 1.29 is 65.7 Å². The summed E-state index contributed by atoms with van der Waals surface area (Å²) in [6.07, 6.45) is 1.88. The summed E-state index contributed by atoms with van der Waals surface area (Å²) in [5, 5.41) is 16.1. The van der Waals surface area contributed by atoms with Crippen molar-refractivity contribution in [2.45, 2.75) is 144 Å². The Morgan fingerprint density at radius 1 is 0.940 bits per heavy atom.